The molecule has 2 aliphatic rings. The zero-order chi connectivity index (χ0) is 9.47. The lowest BCUT2D eigenvalue weighted by Crippen LogP contribution is -2.35. The summed E-state index contributed by atoms with van der Waals surface area (Å²) in [7, 11) is 0. The van der Waals surface area contributed by atoms with Crippen LogP contribution in [-0.2, 0) is 0 Å². The van der Waals surface area contributed by atoms with Crippen LogP contribution in [0.15, 0.2) is 11.6 Å². The average Bonchev–Trinajstić information content (AvgIpc) is 2.06. The second kappa shape index (κ2) is 3.15. The van der Waals surface area contributed by atoms with E-state index in [1.165, 1.54) is 32.1 Å². The largest absolute Gasteiger partial charge is 0.0817 e. The molecule has 2 atom stereocenters. The maximum atomic E-state index is 2.58. The average molecular weight is 178 g/mol. The van der Waals surface area contributed by atoms with Gasteiger partial charge in [0.2, 0.25) is 0 Å². The van der Waals surface area contributed by atoms with Gasteiger partial charge in [0.25, 0.3) is 0 Å². The van der Waals surface area contributed by atoms with Gasteiger partial charge in [-0.3, -0.25) is 0 Å². The third-order valence-corrected chi connectivity index (χ3v) is 4.18. The van der Waals surface area contributed by atoms with Crippen LogP contribution in [0.1, 0.15) is 52.9 Å². The molecule has 0 aromatic heterocycles. The van der Waals surface area contributed by atoms with E-state index in [0.29, 0.717) is 5.41 Å². The first-order valence-corrected chi connectivity index (χ1v) is 5.77. The fraction of sp³-hybridized carbons (Fsp3) is 0.846. The van der Waals surface area contributed by atoms with E-state index in [9.17, 15) is 0 Å². The van der Waals surface area contributed by atoms with Crippen molar-refractivity contribution in [2.24, 2.45) is 17.3 Å². The predicted molar refractivity (Wildman–Crippen MR) is 57.6 cm³/mol. The van der Waals surface area contributed by atoms with Crippen molar-refractivity contribution >= 4 is 0 Å². The minimum Gasteiger partial charge on any atom is -0.0817 e. The summed E-state index contributed by atoms with van der Waals surface area (Å²) in [5.41, 5.74) is 2.21. The first-order chi connectivity index (χ1) is 6.09. The summed E-state index contributed by atoms with van der Waals surface area (Å²) in [6.45, 7) is 7.22. The lowest BCUT2D eigenvalue weighted by molar-refractivity contribution is 0.0992. The molecule has 0 saturated heterocycles. The van der Waals surface area contributed by atoms with E-state index in [4.69, 9.17) is 0 Å². The normalized spacial score (nSPS) is 37.9. The molecule has 0 aliphatic heterocycles. The monoisotopic (exact) mass is 178 g/mol. The molecule has 2 rings (SSSR count). The van der Waals surface area contributed by atoms with Gasteiger partial charge < -0.3 is 0 Å². The first-order valence-electron chi connectivity index (χ1n) is 5.77. The maximum Gasteiger partial charge on any atom is -0.0151 e. The van der Waals surface area contributed by atoms with E-state index in [1.807, 2.05) is 0 Å². The van der Waals surface area contributed by atoms with Crippen molar-refractivity contribution in [2.45, 2.75) is 52.9 Å². The topological polar surface area (TPSA) is 0 Å². The van der Waals surface area contributed by atoms with Gasteiger partial charge in [0.15, 0.2) is 0 Å². The smallest absolute Gasteiger partial charge is 0.0151 e. The number of hydrogen-bond acceptors (Lipinski definition) is 0. The third kappa shape index (κ3) is 1.68. The Balaban J connectivity index is 2.23. The molecule has 0 amide bonds. The molecule has 1 saturated carbocycles. The summed E-state index contributed by atoms with van der Waals surface area (Å²) >= 11 is 0. The van der Waals surface area contributed by atoms with Gasteiger partial charge in [-0.15, -0.1) is 0 Å². The molecule has 0 bridgehead atoms. The Morgan fingerprint density at radius 1 is 1.31 bits per heavy atom. The zero-order valence-corrected chi connectivity index (χ0v) is 9.27. The molecule has 0 heterocycles. The van der Waals surface area contributed by atoms with Gasteiger partial charge in [0, 0.05) is 0 Å². The summed E-state index contributed by atoms with van der Waals surface area (Å²) in [4.78, 5) is 0. The van der Waals surface area contributed by atoms with Crippen molar-refractivity contribution in [1.82, 2.24) is 0 Å². The van der Waals surface area contributed by atoms with Gasteiger partial charge in [0.05, 0.1) is 0 Å². The Kier molecular flexibility index (Phi) is 2.25. The summed E-state index contributed by atoms with van der Waals surface area (Å²) in [6, 6.07) is 0. The van der Waals surface area contributed by atoms with E-state index in [-0.39, 0.29) is 0 Å². The van der Waals surface area contributed by atoms with Gasteiger partial charge >= 0.3 is 0 Å². The van der Waals surface area contributed by atoms with Crippen LogP contribution in [0.2, 0.25) is 0 Å². The molecular weight excluding hydrogens is 156 g/mol. The zero-order valence-electron chi connectivity index (χ0n) is 9.27. The molecule has 0 N–H and O–H groups in total. The quantitative estimate of drug-likeness (QED) is 0.488. The highest BCUT2D eigenvalue weighted by Crippen LogP contribution is 2.49. The second-order valence-corrected chi connectivity index (χ2v) is 5.72. The van der Waals surface area contributed by atoms with Crippen LogP contribution in [-0.4, -0.2) is 0 Å². The molecule has 2 aliphatic carbocycles. The number of allylic oxidation sites excluding steroid dienone is 2. The van der Waals surface area contributed by atoms with Crippen molar-refractivity contribution in [3.8, 4) is 0 Å². The summed E-state index contributed by atoms with van der Waals surface area (Å²) < 4.78 is 0. The fourth-order valence-corrected chi connectivity index (χ4v) is 3.29. The summed E-state index contributed by atoms with van der Waals surface area (Å²) in [6.07, 6.45) is 9.76. The molecule has 0 heteroatoms. The van der Waals surface area contributed by atoms with Crippen LogP contribution in [0.25, 0.3) is 0 Å². The third-order valence-electron chi connectivity index (χ3n) is 4.18. The molecule has 0 aromatic rings. The Labute approximate surface area is 82.4 Å². The van der Waals surface area contributed by atoms with Crippen LogP contribution in [0, 0.1) is 17.3 Å². The molecule has 0 nitrogen and oxygen atoms in total. The molecule has 0 spiro atoms. The molecule has 0 radical (unpaired) electrons. The highest BCUT2D eigenvalue weighted by molar-refractivity contribution is 5.11. The Hall–Kier alpha value is -0.260. The Morgan fingerprint density at radius 3 is 2.85 bits per heavy atom. The van der Waals surface area contributed by atoms with Crippen LogP contribution in [0.4, 0.5) is 0 Å². The van der Waals surface area contributed by atoms with Gasteiger partial charge in [0.1, 0.15) is 0 Å². The van der Waals surface area contributed by atoms with Crippen LogP contribution >= 0.6 is 0 Å². The molecule has 2 unspecified atom stereocenters. The minimum absolute atomic E-state index is 0.574. The standard InChI is InChI=1S/C13H22/c1-10-6-7-11-5-4-8-13(2,3)12(11)9-10/h9,11-12H,4-8H2,1-3H3. The van der Waals surface area contributed by atoms with Crippen molar-refractivity contribution < 1.29 is 0 Å². The highest BCUT2D eigenvalue weighted by Gasteiger charge is 2.38. The fourth-order valence-electron chi connectivity index (χ4n) is 3.29. The predicted octanol–water partition coefficient (Wildman–Crippen LogP) is 4.17. The van der Waals surface area contributed by atoms with Crippen LogP contribution in [0.5, 0.6) is 0 Å². The number of fused-ring (bicyclic) bond motifs is 1. The minimum atomic E-state index is 0.574. The SMILES string of the molecule is CC1=CC2C(CCCC2(C)C)CC1. The lowest BCUT2D eigenvalue weighted by Gasteiger charge is -2.45. The van der Waals surface area contributed by atoms with Crippen molar-refractivity contribution in [3.63, 3.8) is 0 Å². The van der Waals surface area contributed by atoms with E-state index < -0.39 is 0 Å². The highest BCUT2D eigenvalue weighted by atomic mass is 14.4. The van der Waals surface area contributed by atoms with Crippen molar-refractivity contribution in [1.29, 1.82) is 0 Å². The molecule has 1 fully saturated rings. The van der Waals surface area contributed by atoms with Crippen LogP contribution < -0.4 is 0 Å². The molecule has 0 aromatic carbocycles. The van der Waals surface area contributed by atoms with Gasteiger partial charge in [-0.1, -0.05) is 31.9 Å². The van der Waals surface area contributed by atoms with Gasteiger partial charge in [-0.05, 0) is 49.9 Å². The molecule has 13 heavy (non-hydrogen) atoms. The lowest BCUT2D eigenvalue weighted by atomic mass is 9.60. The Bertz CT molecular complexity index is 222. The summed E-state index contributed by atoms with van der Waals surface area (Å²) in [5, 5.41) is 0. The maximum absolute atomic E-state index is 2.58. The second-order valence-electron chi connectivity index (χ2n) is 5.72. The van der Waals surface area contributed by atoms with Gasteiger partial charge in [-0.25, -0.2) is 0 Å². The van der Waals surface area contributed by atoms with E-state index in [2.05, 4.69) is 26.8 Å². The van der Waals surface area contributed by atoms with Crippen molar-refractivity contribution in [2.75, 3.05) is 0 Å². The Morgan fingerprint density at radius 2 is 2.08 bits per heavy atom. The van der Waals surface area contributed by atoms with Crippen molar-refractivity contribution in [3.05, 3.63) is 11.6 Å². The molecule has 74 valence electrons. The first kappa shape index (κ1) is 9.30. The van der Waals surface area contributed by atoms with Crippen LogP contribution in [0.3, 0.4) is 0 Å². The van der Waals surface area contributed by atoms with E-state index in [0.717, 1.165) is 11.8 Å². The van der Waals surface area contributed by atoms with E-state index >= 15 is 0 Å². The summed E-state index contributed by atoms with van der Waals surface area (Å²) in [5.74, 6) is 1.89. The van der Waals surface area contributed by atoms with E-state index in [1.54, 1.807) is 5.57 Å². The number of rotatable bonds is 0. The molecular formula is C13H22. The van der Waals surface area contributed by atoms with Gasteiger partial charge in [-0.2, -0.15) is 0 Å². The number of hydrogen-bond donors (Lipinski definition) is 0.